The third-order valence-electron chi connectivity index (χ3n) is 2.24. The van der Waals surface area contributed by atoms with Crippen LogP contribution in [0, 0.1) is 0 Å². The lowest BCUT2D eigenvalue weighted by Gasteiger charge is -2.11. The minimum atomic E-state index is -3.91. The molecule has 0 atom stereocenters. The van der Waals surface area contributed by atoms with Gasteiger partial charge in [0.2, 0.25) is 0 Å². The van der Waals surface area contributed by atoms with Gasteiger partial charge in [0.05, 0.1) is 0 Å². The Hall–Kier alpha value is -1.09. The van der Waals surface area contributed by atoms with E-state index in [4.69, 9.17) is 28.9 Å². The Morgan fingerprint density at radius 3 is 2.35 bits per heavy atom. The van der Waals surface area contributed by atoms with E-state index in [0.29, 0.717) is 10.2 Å². The van der Waals surface area contributed by atoms with Gasteiger partial charge in [-0.05, 0) is 34.1 Å². The summed E-state index contributed by atoms with van der Waals surface area (Å²) in [6.45, 7) is 0. The summed E-state index contributed by atoms with van der Waals surface area (Å²) >= 11 is 14.7. The van der Waals surface area contributed by atoms with Crippen LogP contribution in [0.25, 0.3) is 0 Å². The number of nitrogens with two attached hydrogens (primary N) is 1. The van der Waals surface area contributed by atoms with Crippen LogP contribution in [0.3, 0.4) is 0 Å². The molecule has 0 aliphatic rings. The molecule has 106 valence electrons. The van der Waals surface area contributed by atoms with Crippen molar-refractivity contribution in [3.05, 3.63) is 39.3 Å². The SMILES string of the molecule is Nc1ccc(S(=O)(=O)Nc2c(Cl)ncnc2Cl)c(Br)c1. The highest BCUT2D eigenvalue weighted by atomic mass is 79.9. The maximum Gasteiger partial charge on any atom is 0.263 e. The van der Waals surface area contributed by atoms with E-state index >= 15 is 0 Å². The molecule has 0 amide bonds. The van der Waals surface area contributed by atoms with Crippen molar-refractivity contribution in [3.8, 4) is 0 Å². The Balaban J connectivity index is 2.46. The number of halogens is 3. The minimum Gasteiger partial charge on any atom is -0.399 e. The summed E-state index contributed by atoms with van der Waals surface area (Å²) in [6.07, 6.45) is 1.13. The van der Waals surface area contributed by atoms with Gasteiger partial charge in [0.25, 0.3) is 10.0 Å². The quantitative estimate of drug-likeness (QED) is 0.612. The van der Waals surface area contributed by atoms with Crippen LogP contribution >= 0.6 is 39.1 Å². The predicted molar refractivity (Wildman–Crippen MR) is 81.4 cm³/mol. The molecule has 2 rings (SSSR count). The fourth-order valence-electron chi connectivity index (χ4n) is 1.35. The van der Waals surface area contributed by atoms with Gasteiger partial charge in [-0.15, -0.1) is 0 Å². The van der Waals surface area contributed by atoms with Crippen molar-refractivity contribution in [3.63, 3.8) is 0 Å². The number of aromatic nitrogens is 2. The van der Waals surface area contributed by atoms with Crippen molar-refractivity contribution < 1.29 is 8.42 Å². The molecule has 0 radical (unpaired) electrons. The zero-order valence-electron chi connectivity index (χ0n) is 9.64. The number of hydrogen-bond acceptors (Lipinski definition) is 5. The third kappa shape index (κ3) is 3.14. The number of nitrogens with one attached hydrogen (secondary N) is 1. The van der Waals surface area contributed by atoms with Crippen LogP contribution in [0.15, 0.2) is 33.9 Å². The normalized spacial score (nSPS) is 11.3. The number of rotatable bonds is 3. The second-order valence-corrected chi connectivity index (χ2v) is 6.85. The molecule has 0 spiro atoms. The summed E-state index contributed by atoms with van der Waals surface area (Å²) in [5.41, 5.74) is 5.91. The summed E-state index contributed by atoms with van der Waals surface area (Å²) in [5, 5.41) is -0.194. The zero-order chi connectivity index (χ0) is 14.9. The summed E-state index contributed by atoms with van der Waals surface area (Å²) in [7, 11) is -3.91. The highest BCUT2D eigenvalue weighted by Crippen LogP contribution is 2.31. The average Bonchev–Trinajstić information content (AvgIpc) is 2.33. The lowest BCUT2D eigenvalue weighted by molar-refractivity contribution is 0.600. The number of sulfonamides is 1. The first-order chi connectivity index (χ1) is 9.31. The van der Waals surface area contributed by atoms with Crippen LogP contribution in [-0.4, -0.2) is 18.4 Å². The predicted octanol–water partition coefficient (Wildman–Crippen LogP) is 2.93. The summed E-state index contributed by atoms with van der Waals surface area (Å²) in [5.74, 6) is 0. The molecule has 1 aromatic carbocycles. The molecule has 0 saturated carbocycles. The fourth-order valence-corrected chi connectivity index (χ4v) is 4.04. The zero-order valence-corrected chi connectivity index (χ0v) is 13.6. The summed E-state index contributed by atoms with van der Waals surface area (Å²) < 4.78 is 27.1. The number of nitrogens with zero attached hydrogens (tertiary/aromatic N) is 2. The van der Waals surface area contributed by atoms with Crippen LogP contribution in [0.2, 0.25) is 10.3 Å². The van der Waals surface area contributed by atoms with E-state index in [-0.39, 0.29) is 20.9 Å². The van der Waals surface area contributed by atoms with Gasteiger partial charge >= 0.3 is 0 Å². The van der Waals surface area contributed by atoms with Crippen LogP contribution < -0.4 is 10.5 Å². The summed E-state index contributed by atoms with van der Waals surface area (Å²) in [6, 6.07) is 4.29. The van der Waals surface area contributed by atoms with E-state index < -0.39 is 10.0 Å². The van der Waals surface area contributed by atoms with Gasteiger partial charge < -0.3 is 5.73 Å². The molecule has 1 aromatic heterocycles. The second kappa shape index (κ2) is 5.72. The standard InChI is InChI=1S/C10H7BrCl2N4O2S/c11-6-3-5(14)1-2-7(6)20(18,19)17-8-9(12)15-4-16-10(8)13/h1-4,17H,14H2. The Labute approximate surface area is 133 Å². The maximum atomic E-state index is 12.3. The van der Waals surface area contributed by atoms with Gasteiger partial charge in [0.1, 0.15) is 16.9 Å². The Bertz CT molecular complexity index is 750. The molecular weight excluding hydrogens is 391 g/mol. The Morgan fingerprint density at radius 2 is 1.80 bits per heavy atom. The molecule has 0 fully saturated rings. The lowest BCUT2D eigenvalue weighted by atomic mass is 10.3. The van der Waals surface area contributed by atoms with Crippen molar-refractivity contribution in [1.29, 1.82) is 0 Å². The van der Waals surface area contributed by atoms with E-state index in [1.165, 1.54) is 18.2 Å². The molecule has 3 N–H and O–H groups in total. The minimum absolute atomic E-state index is 0.0114. The molecule has 0 saturated heterocycles. The highest BCUT2D eigenvalue weighted by Gasteiger charge is 2.21. The van der Waals surface area contributed by atoms with E-state index in [1.807, 2.05) is 0 Å². The molecule has 0 bridgehead atoms. The van der Waals surface area contributed by atoms with Gasteiger partial charge in [-0.3, -0.25) is 4.72 Å². The van der Waals surface area contributed by atoms with E-state index in [0.717, 1.165) is 6.33 Å². The molecular formula is C10H7BrCl2N4O2S. The van der Waals surface area contributed by atoms with Crippen molar-refractivity contribution in [2.75, 3.05) is 10.5 Å². The van der Waals surface area contributed by atoms with Crippen LogP contribution in [0.4, 0.5) is 11.4 Å². The Morgan fingerprint density at radius 1 is 1.20 bits per heavy atom. The van der Waals surface area contributed by atoms with E-state index in [9.17, 15) is 8.42 Å². The van der Waals surface area contributed by atoms with Crippen LogP contribution in [0.5, 0.6) is 0 Å². The van der Waals surface area contributed by atoms with E-state index in [2.05, 4.69) is 30.6 Å². The topological polar surface area (TPSA) is 98.0 Å². The number of anilines is 2. The third-order valence-corrected chi connectivity index (χ3v) is 5.14. The number of hydrogen-bond donors (Lipinski definition) is 2. The molecule has 1 heterocycles. The fraction of sp³-hybridized carbons (Fsp3) is 0. The molecule has 0 unspecified atom stereocenters. The molecule has 10 heteroatoms. The largest absolute Gasteiger partial charge is 0.399 e. The van der Waals surface area contributed by atoms with Crippen molar-refractivity contribution >= 4 is 60.5 Å². The molecule has 6 nitrogen and oxygen atoms in total. The second-order valence-electron chi connectivity index (χ2n) is 3.63. The summed E-state index contributed by atoms with van der Waals surface area (Å²) in [4.78, 5) is 7.32. The smallest absolute Gasteiger partial charge is 0.263 e. The van der Waals surface area contributed by atoms with Gasteiger partial charge in [0, 0.05) is 10.2 Å². The number of benzene rings is 1. The molecule has 0 aliphatic heterocycles. The number of nitrogen functional groups attached to an aromatic ring is 1. The van der Waals surface area contributed by atoms with Gasteiger partial charge in [0.15, 0.2) is 10.3 Å². The molecule has 20 heavy (non-hydrogen) atoms. The first kappa shape index (κ1) is 15.3. The van der Waals surface area contributed by atoms with Gasteiger partial charge in [-0.1, -0.05) is 23.2 Å². The Kier molecular flexibility index (Phi) is 4.38. The van der Waals surface area contributed by atoms with Gasteiger partial charge in [-0.25, -0.2) is 18.4 Å². The molecule has 0 aliphatic carbocycles. The van der Waals surface area contributed by atoms with Crippen molar-refractivity contribution in [2.24, 2.45) is 0 Å². The van der Waals surface area contributed by atoms with Crippen molar-refractivity contribution in [1.82, 2.24) is 9.97 Å². The van der Waals surface area contributed by atoms with Crippen LogP contribution in [0.1, 0.15) is 0 Å². The monoisotopic (exact) mass is 396 g/mol. The van der Waals surface area contributed by atoms with Gasteiger partial charge in [-0.2, -0.15) is 0 Å². The first-order valence-electron chi connectivity index (χ1n) is 5.05. The van der Waals surface area contributed by atoms with E-state index in [1.54, 1.807) is 0 Å². The van der Waals surface area contributed by atoms with Crippen molar-refractivity contribution in [2.45, 2.75) is 4.90 Å². The maximum absolute atomic E-state index is 12.3. The highest BCUT2D eigenvalue weighted by molar-refractivity contribution is 9.10. The van der Waals surface area contributed by atoms with Crippen LogP contribution in [-0.2, 0) is 10.0 Å². The lowest BCUT2D eigenvalue weighted by Crippen LogP contribution is -2.15. The molecule has 2 aromatic rings. The average molecular weight is 398 g/mol. The first-order valence-corrected chi connectivity index (χ1v) is 8.08.